The summed E-state index contributed by atoms with van der Waals surface area (Å²) in [6, 6.07) is 3.70. The molecule has 1 rings (SSSR count). The van der Waals surface area contributed by atoms with Gasteiger partial charge in [-0.05, 0) is 32.4 Å². The summed E-state index contributed by atoms with van der Waals surface area (Å²) in [5, 5.41) is 8.85. The van der Waals surface area contributed by atoms with Crippen LogP contribution in [-0.4, -0.2) is 35.1 Å². The fourth-order valence-electron chi connectivity index (χ4n) is 1.65. The molecule has 6 heteroatoms. The van der Waals surface area contributed by atoms with Crippen molar-refractivity contribution in [3.63, 3.8) is 0 Å². The summed E-state index contributed by atoms with van der Waals surface area (Å²) in [6.07, 6.45) is 0.717. The highest BCUT2D eigenvalue weighted by atomic mass is 16.4. The highest BCUT2D eigenvalue weighted by molar-refractivity contribution is 5.90. The first-order valence-electron chi connectivity index (χ1n) is 6.03. The predicted molar refractivity (Wildman–Crippen MR) is 67.6 cm³/mol. The number of nitrogens with one attached hydrogen (secondary N) is 1. The van der Waals surface area contributed by atoms with Crippen LogP contribution in [0.2, 0.25) is 0 Å². The number of carbonyl (C=O) groups is 1. The molecule has 0 atom stereocenters. The SMILES string of the molecule is CC(C)N(CCCO)Cc1ccc(C(=O)NN)o1. The van der Waals surface area contributed by atoms with Crippen LogP contribution in [0, 0.1) is 0 Å². The highest BCUT2D eigenvalue weighted by Crippen LogP contribution is 2.12. The Morgan fingerprint density at radius 1 is 1.56 bits per heavy atom. The largest absolute Gasteiger partial charge is 0.455 e. The molecule has 0 aliphatic carbocycles. The van der Waals surface area contributed by atoms with Gasteiger partial charge in [-0.15, -0.1) is 0 Å². The van der Waals surface area contributed by atoms with Crippen LogP contribution in [0.5, 0.6) is 0 Å². The van der Waals surface area contributed by atoms with Crippen molar-refractivity contribution in [3.05, 3.63) is 23.7 Å². The van der Waals surface area contributed by atoms with Gasteiger partial charge in [0.05, 0.1) is 6.54 Å². The van der Waals surface area contributed by atoms with Gasteiger partial charge in [0.25, 0.3) is 0 Å². The number of nitrogens with zero attached hydrogens (tertiary/aromatic N) is 1. The molecule has 0 spiro atoms. The first-order valence-corrected chi connectivity index (χ1v) is 6.03. The molecule has 1 heterocycles. The molecular weight excluding hydrogens is 234 g/mol. The maximum Gasteiger partial charge on any atom is 0.300 e. The fourth-order valence-corrected chi connectivity index (χ4v) is 1.65. The monoisotopic (exact) mass is 255 g/mol. The van der Waals surface area contributed by atoms with E-state index in [-0.39, 0.29) is 12.4 Å². The van der Waals surface area contributed by atoms with E-state index < -0.39 is 5.91 Å². The van der Waals surface area contributed by atoms with Crippen molar-refractivity contribution in [3.8, 4) is 0 Å². The van der Waals surface area contributed by atoms with Crippen LogP contribution in [0.4, 0.5) is 0 Å². The average Bonchev–Trinajstić information content (AvgIpc) is 2.81. The van der Waals surface area contributed by atoms with Crippen LogP contribution in [-0.2, 0) is 6.54 Å². The summed E-state index contributed by atoms with van der Waals surface area (Å²) in [4.78, 5) is 13.4. The minimum Gasteiger partial charge on any atom is -0.455 e. The summed E-state index contributed by atoms with van der Waals surface area (Å²) >= 11 is 0. The Morgan fingerprint density at radius 2 is 2.28 bits per heavy atom. The average molecular weight is 255 g/mol. The minimum atomic E-state index is -0.437. The van der Waals surface area contributed by atoms with Crippen LogP contribution in [0.1, 0.15) is 36.6 Å². The van der Waals surface area contributed by atoms with Crippen LogP contribution in [0.15, 0.2) is 16.5 Å². The molecular formula is C12H21N3O3. The lowest BCUT2D eigenvalue weighted by atomic mass is 10.2. The number of rotatable bonds is 7. The van der Waals surface area contributed by atoms with Gasteiger partial charge in [0, 0.05) is 19.2 Å². The Morgan fingerprint density at radius 3 is 2.83 bits per heavy atom. The molecule has 0 aliphatic rings. The number of hydrazine groups is 1. The zero-order valence-corrected chi connectivity index (χ0v) is 10.8. The van der Waals surface area contributed by atoms with E-state index in [2.05, 4.69) is 18.7 Å². The van der Waals surface area contributed by atoms with Gasteiger partial charge in [-0.2, -0.15) is 0 Å². The minimum absolute atomic E-state index is 0.169. The zero-order chi connectivity index (χ0) is 13.5. The molecule has 1 aromatic rings. The molecule has 0 radical (unpaired) electrons. The lowest BCUT2D eigenvalue weighted by Crippen LogP contribution is -2.31. The van der Waals surface area contributed by atoms with Gasteiger partial charge >= 0.3 is 5.91 Å². The highest BCUT2D eigenvalue weighted by Gasteiger charge is 2.14. The number of nitrogens with two attached hydrogens (primary N) is 1. The number of aliphatic hydroxyl groups excluding tert-OH is 1. The smallest absolute Gasteiger partial charge is 0.300 e. The fraction of sp³-hybridized carbons (Fsp3) is 0.583. The van der Waals surface area contributed by atoms with Crippen molar-refractivity contribution >= 4 is 5.91 Å². The van der Waals surface area contributed by atoms with Gasteiger partial charge in [-0.25, -0.2) is 5.84 Å². The van der Waals surface area contributed by atoms with Gasteiger partial charge in [0.15, 0.2) is 5.76 Å². The van der Waals surface area contributed by atoms with Crippen LogP contribution >= 0.6 is 0 Å². The van der Waals surface area contributed by atoms with Crippen LogP contribution < -0.4 is 11.3 Å². The quantitative estimate of drug-likeness (QED) is 0.374. The van der Waals surface area contributed by atoms with Crippen LogP contribution in [0.3, 0.4) is 0 Å². The Hall–Kier alpha value is -1.37. The normalized spacial score (nSPS) is 11.2. The van der Waals surface area contributed by atoms with E-state index in [4.69, 9.17) is 15.4 Å². The number of amides is 1. The Labute approximate surface area is 107 Å². The summed E-state index contributed by atoms with van der Waals surface area (Å²) < 4.78 is 5.40. The molecule has 0 saturated heterocycles. The molecule has 102 valence electrons. The van der Waals surface area contributed by atoms with Crippen molar-refractivity contribution in [1.82, 2.24) is 10.3 Å². The molecule has 4 N–H and O–H groups in total. The van der Waals surface area contributed by atoms with Gasteiger partial charge in [0.2, 0.25) is 0 Å². The lowest BCUT2D eigenvalue weighted by Gasteiger charge is -2.24. The number of hydrogen-bond donors (Lipinski definition) is 3. The molecule has 0 fully saturated rings. The van der Waals surface area contributed by atoms with E-state index in [1.807, 2.05) is 5.43 Å². The molecule has 0 saturated carbocycles. The molecule has 1 aromatic heterocycles. The molecule has 1 amide bonds. The molecule has 18 heavy (non-hydrogen) atoms. The van der Waals surface area contributed by atoms with Gasteiger partial charge < -0.3 is 9.52 Å². The van der Waals surface area contributed by atoms with E-state index in [9.17, 15) is 4.79 Å². The maximum absolute atomic E-state index is 11.2. The second-order valence-corrected chi connectivity index (χ2v) is 4.38. The number of nitrogen functional groups attached to an aromatic ring is 1. The Bertz CT molecular complexity index is 376. The summed E-state index contributed by atoms with van der Waals surface area (Å²) in [5.74, 6) is 5.51. The third-order valence-electron chi connectivity index (χ3n) is 2.71. The third kappa shape index (κ3) is 4.14. The molecule has 6 nitrogen and oxygen atoms in total. The van der Waals surface area contributed by atoms with E-state index >= 15 is 0 Å². The Balaban J connectivity index is 2.63. The second-order valence-electron chi connectivity index (χ2n) is 4.38. The van der Waals surface area contributed by atoms with Gasteiger partial charge in [-0.1, -0.05) is 0 Å². The third-order valence-corrected chi connectivity index (χ3v) is 2.71. The first-order chi connectivity index (χ1) is 8.58. The summed E-state index contributed by atoms with van der Waals surface area (Å²) in [5.41, 5.74) is 2.03. The van der Waals surface area contributed by atoms with Crippen molar-refractivity contribution in [2.45, 2.75) is 32.9 Å². The molecule has 0 bridgehead atoms. The molecule has 0 aromatic carbocycles. The van der Waals surface area contributed by atoms with Gasteiger partial charge in [-0.3, -0.25) is 15.1 Å². The topological polar surface area (TPSA) is 91.7 Å². The standard InChI is InChI=1S/C12H21N3O3/c1-9(2)15(6-3-7-16)8-10-4-5-11(18-10)12(17)14-13/h4-5,9,16H,3,6-8,13H2,1-2H3,(H,14,17). The number of hydrogen-bond acceptors (Lipinski definition) is 5. The maximum atomic E-state index is 11.2. The van der Waals surface area contributed by atoms with Crippen molar-refractivity contribution < 1.29 is 14.3 Å². The zero-order valence-electron chi connectivity index (χ0n) is 10.8. The molecule has 0 aliphatic heterocycles. The number of aliphatic hydroxyl groups is 1. The summed E-state index contributed by atoms with van der Waals surface area (Å²) in [7, 11) is 0. The summed E-state index contributed by atoms with van der Waals surface area (Å²) in [6.45, 7) is 5.71. The van der Waals surface area contributed by atoms with Crippen molar-refractivity contribution in [2.75, 3.05) is 13.2 Å². The molecule has 0 unspecified atom stereocenters. The van der Waals surface area contributed by atoms with Crippen molar-refractivity contribution in [1.29, 1.82) is 0 Å². The van der Waals surface area contributed by atoms with E-state index in [0.29, 0.717) is 18.3 Å². The van der Waals surface area contributed by atoms with E-state index in [1.54, 1.807) is 12.1 Å². The number of carbonyl (C=O) groups excluding carboxylic acids is 1. The Kier molecular flexibility index (Phi) is 5.84. The number of furan rings is 1. The van der Waals surface area contributed by atoms with E-state index in [0.717, 1.165) is 13.0 Å². The second kappa shape index (κ2) is 7.15. The lowest BCUT2D eigenvalue weighted by molar-refractivity contribution is 0.0920. The van der Waals surface area contributed by atoms with E-state index in [1.165, 1.54) is 0 Å². The van der Waals surface area contributed by atoms with Gasteiger partial charge in [0.1, 0.15) is 5.76 Å². The van der Waals surface area contributed by atoms with Crippen molar-refractivity contribution in [2.24, 2.45) is 5.84 Å². The predicted octanol–water partition coefficient (Wildman–Crippen LogP) is 0.476. The first kappa shape index (κ1) is 14.7. The van der Waals surface area contributed by atoms with Crippen LogP contribution in [0.25, 0.3) is 0 Å².